The fourth-order valence-electron chi connectivity index (χ4n) is 1.95. The molecular formula is C13H24N6O. The molecule has 112 valence electrons. The maximum Gasteiger partial charge on any atom is 0.244 e. The van der Waals surface area contributed by atoms with Crippen LogP contribution in [0.1, 0.15) is 20.3 Å². The average Bonchev–Trinajstić information content (AvgIpc) is 2.48. The van der Waals surface area contributed by atoms with Gasteiger partial charge in [-0.05, 0) is 13.3 Å². The van der Waals surface area contributed by atoms with E-state index < -0.39 is 0 Å². The summed E-state index contributed by atoms with van der Waals surface area (Å²) in [5, 5.41) is 14.5. The van der Waals surface area contributed by atoms with Gasteiger partial charge in [-0.2, -0.15) is 10.1 Å². The minimum atomic E-state index is 0.382. The molecule has 1 unspecified atom stereocenters. The highest BCUT2D eigenvalue weighted by molar-refractivity contribution is 5.37. The third-order valence-electron chi connectivity index (χ3n) is 3.38. The smallest absolute Gasteiger partial charge is 0.244 e. The molecule has 0 radical (unpaired) electrons. The van der Waals surface area contributed by atoms with Crippen LogP contribution >= 0.6 is 0 Å². The molecule has 1 aliphatic rings. The molecule has 1 atom stereocenters. The first-order chi connectivity index (χ1) is 9.78. The van der Waals surface area contributed by atoms with Crippen LogP contribution in [0.25, 0.3) is 0 Å². The lowest BCUT2D eigenvalue weighted by atomic mass is 10.3. The molecule has 7 nitrogen and oxygen atoms in total. The van der Waals surface area contributed by atoms with Crippen molar-refractivity contribution in [1.29, 1.82) is 0 Å². The molecule has 0 spiro atoms. The molecule has 1 aromatic heterocycles. The number of aromatic nitrogens is 3. The first-order valence-corrected chi connectivity index (χ1v) is 7.28. The van der Waals surface area contributed by atoms with Crippen molar-refractivity contribution >= 4 is 11.8 Å². The van der Waals surface area contributed by atoms with E-state index in [4.69, 9.17) is 4.74 Å². The lowest BCUT2D eigenvalue weighted by molar-refractivity contribution is 0.0398. The van der Waals surface area contributed by atoms with E-state index in [0.29, 0.717) is 12.0 Å². The molecule has 2 N–H and O–H groups in total. The Balaban J connectivity index is 1.75. The maximum atomic E-state index is 5.32. The van der Waals surface area contributed by atoms with E-state index in [0.717, 1.165) is 51.6 Å². The van der Waals surface area contributed by atoms with E-state index in [-0.39, 0.29) is 0 Å². The Bertz CT molecular complexity index is 396. The number of hydrogen-bond acceptors (Lipinski definition) is 7. The van der Waals surface area contributed by atoms with E-state index in [1.807, 2.05) is 0 Å². The number of morpholine rings is 1. The Morgan fingerprint density at radius 1 is 1.40 bits per heavy atom. The zero-order valence-corrected chi connectivity index (χ0v) is 12.3. The molecule has 1 saturated heterocycles. The van der Waals surface area contributed by atoms with E-state index in [1.165, 1.54) is 0 Å². The maximum absolute atomic E-state index is 5.32. The van der Waals surface area contributed by atoms with Crippen molar-refractivity contribution in [2.24, 2.45) is 0 Å². The van der Waals surface area contributed by atoms with Crippen LogP contribution in [-0.2, 0) is 4.74 Å². The lowest BCUT2D eigenvalue weighted by Gasteiger charge is -2.26. The molecule has 0 bridgehead atoms. The third-order valence-corrected chi connectivity index (χ3v) is 3.38. The van der Waals surface area contributed by atoms with Crippen LogP contribution in [0, 0.1) is 0 Å². The van der Waals surface area contributed by atoms with Gasteiger partial charge in [0.25, 0.3) is 0 Å². The van der Waals surface area contributed by atoms with Crippen LogP contribution in [0.15, 0.2) is 6.20 Å². The molecule has 1 aliphatic heterocycles. The number of anilines is 2. The standard InChI is InChI=1S/C13H24N6O/c1-3-11(2)16-12-10-15-18-13(17-12)14-4-5-19-6-8-20-9-7-19/h10-11H,3-9H2,1-2H3,(H2,14,16,17,18). The second-order valence-corrected chi connectivity index (χ2v) is 5.00. The summed E-state index contributed by atoms with van der Waals surface area (Å²) < 4.78 is 5.32. The summed E-state index contributed by atoms with van der Waals surface area (Å²) in [5.74, 6) is 1.34. The van der Waals surface area contributed by atoms with Gasteiger partial charge >= 0.3 is 0 Å². The normalized spacial score (nSPS) is 17.7. The highest BCUT2D eigenvalue weighted by Crippen LogP contribution is 2.06. The molecule has 0 amide bonds. The Labute approximate surface area is 120 Å². The van der Waals surface area contributed by atoms with Crippen LogP contribution in [-0.4, -0.2) is 65.5 Å². The first kappa shape index (κ1) is 14.9. The van der Waals surface area contributed by atoms with Gasteiger partial charge in [-0.25, -0.2) is 0 Å². The second-order valence-electron chi connectivity index (χ2n) is 5.00. The van der Waals surface area contributed by atoms with E-state index in [2.05, 4.69) is 44.6 Å². The molecule has 20 heavy (non-hydrogen) atoms. The van der Waals surface area contributed by atoms with E-state index >= 15 is 0 Å². The molecule has 2 rings (SSSR count). The summed E-state index contributed by atoms with van der Waals surface area (Å²) >= 11 is 0. The Kier molecular flexibility index (Phi) is 5.94. The van der Waals surface area contributed by atoms with Crippen molar-refractivity contribution in [1.82, 2.24) is 20.1 Å². The van der Waals surface area contributed by atoms with Crippen LogP contribution in [0.4, 0.5) is 11.8 Å². The van der Waals surface area contributed by atoms with Crippen LogP contribution < -0.4 is 10.6 Å². The van der Waals surface area contributed by atoms with Gasteiger partial charge in [-0.1, -0.05) is 6.92 Å². The number of hydrogen-bond donors (Lipinski definition) is 2. The molecule has 1 aromatic rings. The van der Waals surface area contributed by atoms with E-state index in [9.17, 15) is 0 Å². The number of rotatable bonds is 7. The van der Waals surface area contributed by atoms with Gasteiger partial charge in [-0.3, -0.25) is 4.90 Å². The fourth-order valence-corrected chi connectivity index (χ4v) is 1.95. The Morgan fingerprint density at radius 2 is 2.20 bits per heavy atom. The van der Waals surface area contributed by atoms with Gasteiger partial charge < -0.3 is 15.4 Å². The van der Waals surface area contributed by atoms with Gasteiger partial charge in [-0.15, -0.1) is 5.10 Å². The summed E-state index contributed by atoms with van der Waals surface area (Å²) in [6, 6.07) is 0.382. The van der Waals surface area contributed by atoms with Crippen molar-refractivity contribution in [3.63, 3.8) is 0 Å². The highest BCUT2D eigenvalue weighted by Gasteiger charge is 2.09. The van der Waals surface area contributed by atoms with Gasteiger partial charge in [0.05, 0.1) is 19.4 Å². The number of ether oxygens (including phenoxy) is 1. The molecule has 0 aromatic carbocycles. The van der Waals surface area contributed by atoms with Gasteiger partial charge in [0, 0.05) is 32.2 Å². The SMILES string of the molecule is CCC(C)Nc1cnnc(NCCN2CCOCC2)n1. The van der Waals surface area contributed by atoms with Crippen molar-refractivity contribution in [2.75, 3.05) is 50.0 Å². The van der Waals surface area contributed by atoms with Gasteiger partial charge in [0.2, 0.25) is 5.95 Å². The Hall–Kier alpha value is -1.47. The zero-order valence-electron chi connectivity index (χ0n) is 12.3. The van der Waals surface area contributed by atoms with E-state index in [1.54, 1.807) is 6.20 Å². The first-order valence-electron chi connectivity index (χ1n) is 7.28. The monoisotopic (exact) mass is 280 g/mol. The number of nitrogens with zero attached hydrogens (tertiary/aromatic N) is 4. The second kappa shape index (κ2) is 7.96. The summed E-state index contributed by atoms with van der Waals surface area (Å²) in [4.78, 5) is 6.77. The van der Waals surface area contributed by atoms with Crippen molar-refractivity contribution < 1.29 is 4.74 Å². The molecule has 0 aliphatic carbocycles. The molecule has 7 heteroatoms. The van der Waals surface area contributed by atoms with Crippen molar-refractivity contribution in [2.45, 2.75) is 26.3 Å². The van der Waals surface area contributed by atoms with Gasteiger partial charge in [0.15, 0.2) is 5.82 Å². The average molecular weight is 280 g/mol. The summed E-state index contributed by atoms with van der Waals surface area (Å²) in [7, 11) is 0. The fraction of sp³-hybridized carbons (Fsp3) is 0.769. The Morgan fingerprint density at radius 3 is 2.95 bits per heavy atom. The van der Waals surface area contributed by atoms with Crippen molar-refractivity contribution in [3.8, 4) is 0 Å². The molecule has 0 saturated carbocycles. The van der Waals surface area contributed by atoms with Crippen LogP contribution in [0.3, 0.4) is 0 Å². The van der Waals surface area contributed by atoms with Crippen LogP contribution in [0.2, 0.25) is 0 Å². The molecular weight excluding hydrogens is 256 g/mol. The number of nitrogens with one attached hydrogen (secondary N) is 2. The molecule has 2 heterocycles. The largest absolute Gasteiger partial charge is 0.379 e. The topological polar surface area (TPSA) is 75.2 Å². The summed E-state index contributed by atoms with van der Waals surface area (Å²) in [6.07, 6.45) is 2.70. The zero-order chi connectivity index (χ0) is 14.2. The predicted molar refractivity (Wildman–Crippen MR) is 79.0 cm³/mol. The molecule has 1 fully saturated rings. The van der Waals surface area contributed by atoms with Gasteiger partial charge in [0.1, 0.15) is 0 Å². The summed E-state index contributed by atoms with van der Waals surface area (Å²) in [6.45, 7) is 9.68. The lowest BCUT2D eigenvalue weighted by Crippen LogP contribution is -2.39. The predicted octanol–water partition coefficient (Wildman–Crippen LogP) is 0.826. The third kappa shape index (κ3) is 4.90. The minimum Gasteiger partial charge on any atom is -0.379 e. The summed E-state index contributed by atoms with van der Waals surface area (Å²) in [5.41, 5.74) is 0. The highest BCUT2D eigenvalue weighted by atomic mass is 16.5. The minimum absolute atomic E-state index is 0.382. The quantitative estimate of drug-likeness (QED) is 0.766. The van der Waals surface area contributed by atoms with Crippen LogP contribution in [0.5, 0.6) is 0 Å². The van der Waals surface area contributed by atoms with Crippen molar-refractivity contribution in [3.05, 3.63) is 6.20 Å².